The summed E-state index contributed by atoms with van der Waals surface area (Å²) in [6.45, 7) is 4.72. The Morgan fingerprint density at radius 1 is 1.26 bits per heavy atom. The summed E-state index contributed by atoms with van der Waals surface area (Å²) in [5.74, 6) is -2.37. The summed E-state index contributed by atoms with van der Waals surface area (Å²) in [5.41, 5.74) is 0.318. The van der Waals surface area contributed by atoms with Crippen molar-refractivity contribution in [2.45, 2.75) is 37.3 Å². The van der Waals surface area contributed by atoms with Crippen molar-refractivity contribution in [3.05, 3.63) is 29.8 Å². The van der Waals surface area contributed by atoms with E-state index in [-0.39, 0.29) is 5.91 Å². The first-order valence-electron chi connectivity index (χ1n) is 6.40. The molecule has 19 heavy (non-hydrogen) atoms. The van der Waals surface area contributed by atoms with Crippen molar-refractivity contribution in [1.29, 1.82) is 0 Å². The summed E-state index contributed by atoms with van der Waals surface area (Å²) >= 11 is 0.405. The fourth-order valence-corrected chi connectivity index (χ4v) is 2.40. The highest BCUT2D eigenvalue weighted by atomic mass is 32.2. The van der Waals surface area contributed by atoms with Crippen LogP contribution in [-0.4, -0.2) is 18.2 Å². The number of amides is 1. The quantitative estimate of drug-likeness (QED) is 0.763. The van der Waals surface area contributed by atoms with Gasteiger partial charge in [0.2, 0.25) is 0 Å². The lowest BCUT2D eigenvalue weighted by atomic mass is 10.0. The number of hydrogen-bond acceptors (Lipinski definition) is 2. The summed E-state index contributed by atoms with van der Waals surface area (Å²) in [4.78, 5) is 12.3. The highest BCUT2D eigenvalue weighted by molar-refractivity contribution is 7.99. The second-order valence-electron chi connectivity index (χ2n) is 4.27. The molecule has 1 amide bonds. The molecule has 1 rings (SSSR count). The minimum absolute atomic E-state index is 0.282. The number of carbonyl (C=O) groups excluding carboxylic acids is 1. The smallest absolute Gasteiger partial charge is 0.288 e. The van der Waals surface area contributed by atoms with Gasteiger partial charge in [-0.2, -0.15) is 8.78 Å². The molecule has 2 nitrogen and oxygen atoms in total. The zero-order valence-electron chi connectivity index (χ0n) is 11.2. The fourth-order valence-electron chi connectivity index (χ4n) is 1.76. The summed E-state index contributed by atoms with van der Waals surface area (Å²) in [6.07, 6.45) is 1.98. The van der Waals surface area contributed by atoms with Gasteiger partial charge in [0, 0.05) is 11.4 Å². The molecular weight excluding hydrogens is 268 g/mol. The normalized spacial score (nSPS) is 11.1. The first-order valence-corrected chi connectivity index (χ1v) is 7.28. The van der Waals surface area contributed by atoms with E-state index in [1.807, 2.05) is 0 Å². The third-order valence-corrected chi connectivity index (χ3v) is 3.84. The Morgan fingerprint density at radius 2 is 1.89 bits per heavy atom. The van der Waals surface area contributed by atoms with Crippen LogP contribution < -0.4 is 5.32 Å². The second kappa shape index (κ2) is 8.15. The van der Waals surface area contributed by atoms with E-state index in [1.54, 1.807) is 24.3 Å². The van der Waals surface area contributed by atoms with Crippen molar-refractivity contribution in [2.75, 3.05) is 6.54 Å². The van der Waals surface area contributed by atoms with Crippen LogP contribution >= 0.6 is 11.8 Å². The maximum absolute atomic E-state index is 12.4. The highest BCUT2D eigenvalue weighted by Gasteiger charge is 2.15. The van der Waals surface area contributed by atoms with Crippen molar-refractivity contribution in [3.8, 4) is 0 Å². The Kier molecular flexibility index (Phi) is 6.84. The Hall–Kier alpha value is -1.10. The van der Waals surface area contributed by atoms with E-state index in [9.17, 15) is 13.6 Å². The molecule has 0 spiro atoms. The van der Waals surface area contributed by atoms with Gasteiger partial charge in [-0.1, -0.05) is 50.6 Å². The molecule has 106 valence electrons. The van der Waals surface area contributed by atoms with Crippen LogP contribution in [0.1, 0.15) is 37.0 Å². The molecule has 0 saturated carbocycles. The summed E-state index contributed by atoms with van der Waals surface area (Å²) in [7, 11) is 0. The van der Waals surface area contributed by atoms with E-state index in [1.165, 1.54) is 0 Å². The molecular formula is C14H19F2NOS. The molecule has 1 aromatic rings. The lowest BCUT2D eigenvalue weighted by molar-refractivity contribution is 0.0943. The maximum Gasteiger partial charge on any atom is 0.288 e. The zero-order chi connectivity index (χ0) is 14.3. The Bertz CT molecular complexity index is 408. The van der Waals surface area contributed by atoms with Crippen LogP contribution in [-0.2, 0) is 0 Å². The van der Waals surface area contributed by atoms with Crippen molar-refractivity contribution < 1.29 is 13.6 Å². The highest BCUT2D eigenvalue weighted by Crippen LogP contribution is 2.28. The van der Waals surface area contributed by atoms with Gasteiger partial charge in [-0.3, -0.25) is 4.79 Å². The molecule has 0 saturated heterocycles. The molecule has 0 bridgehead atoms. The number of nitrogens with one attached hydrogen (secondary N) is 1. The van der Waals surface area contributed by atoms with Gasteiger partial charge in [-0.15, -0.1) is 0 Å². The number of hydrogen-bond donors (Lipinski definition) is 1. The lowest BCUT2D eigenvalue weighted by Crippen LogP contribution is -2.29. The third kappa shape index (κ3) is 5.19. The topological polar surface area (TPSA) is 29.1 Å². The van der Waals surface area contributed by atoms with Gasteiger partial charge in [0.15, 0.2) is 0 Å². The van der Waals surface area contributed by atoms with Crippen LogP contribution in [0, 0.1) is 5.92 Å². The zero-order valence-corrected chi connectivity index (χ0v) is 12.0. The number of carbonyl (C=O) groups is 1. The molecule has 0 unspecified atom stereocenters. The summed E-state index contributed by atoms with van der Waals surface area (Å²) in [6, 6.07) is 6.46. The van der Waals surface area contributed by atoms with Gasteiger partial charge in [-0.05, 0) is 18.1 Å². The van der Waals surface area contributed by atoms with Crippen LogP contribution in [0.15, 0.2) is 29.2 Å². The van der Waals surface area contributed by atoms with Crippen molar-refractivity contribution in [3.63, 3.8) is 0 Å². The van der Waals surface area contributed by atoms with Gasteiger partial charge in [0.25, 0.3) is 11.7 Å². The van der Waals surface area contributed by atoms with E-state index >= 15 is 0 Å². The molecule has 1 N–H and O–H groups in total. The van der Waals surface area contributed by atoms with Crippen molar-refractivity contribution in [2.24, 2.45) is 5.92 Å². The lowest BCUT2D eigenvalue weighted by Gasteiger charge is -2.14. The number of alkyl halides is 2. The van der Waals surface area contributed by atoms with E-state index in [2.05, 4.69) is 19.2 Å². The third-order valence-electron chi connectivity index (χ3n) is 3.05. The predicted octanol–water partition coefficient (Wildman–Crippen LogP) is 4.17. The van der Waals surface area contributed by atoms with Gasteiger partial charge in [-0.25, -0.2) is 0 Å². The van der Waals surface area contributed by atoms with E-state index < -0.39 is 5.76 Å². The van der Waals surface area contributed by atoms with Crippen LogP contribution in [0.2, 0.25) is 0 Å². The molecule has 1 aromatic carbocycles. The first kappa shape index (κ1) is 16.0. The predicted molar refractivity (Wildman–Crippen MR) is 74.7 cm³/mol. The monoisotopic (exact) mass is 287 g/mol. The van der Waals surface area contributed by atoms with Crippen LogP contribution in [0.5, 0.6) is 0 Å². The Balaban J connectivity index is 2.71. The molecule has 5 heteroatoms. The summed E-state index contributed by atoms with van der Waals surface area (Å²) in [5, 5.41) is 2.82. The van der Waals surface area contributed by atoms with Gasteiger partial charge >= 0.3 is 0 Å². The minimum Gasteiger partial charge on any atom is -0.352 e. The van der Waals surface area contributed by atoms with Crippen LogP contribution in [0.25, 0.3) is 0 Å². The molecule has 0 heterocycles. The van der Waals surface area contributed by atoms with E-state index in [0.717, 1.165) is 12.8 Å². The number of thioether (sulfide) groups is 1. The molecule has 0 aliphatic rings. The molecule has 0 atom stereocenters. The Morgan fingerprint density at radius 3 is 2.47 bits per heavy atom. The van der Waals surface area contributed by atoms with Crippen molar-refractivity contribution >= 4 is 17.7 Å². The first-order chi connectivity index (χ1) is 9.08. The number of benzene rings is 1. The molecule has 0 aliphatic heterocycles. The largest absolute Gasteiger partial charge is 0.352 e. The molecule has 0 aromatic heterocycles. The number of halogens is 2. The standard InChI is InChI=1S/C14H19F2NOS/c1-3-10(4-2)9-17-13(18)11-7-5-6-8-12(11)19-14(15)16/h5-8,10,14H,3-4,9H2,1-2H3,(H,17,18). The minimum atomic E-state index is -2.52. The van der Waals surface area contributed by atoms with E-state index in [0.29, 0.717) is 34.7 Å². The number of rotatable bonds is 7. The van der Waals surface area contributed by atoms with Gasteiger partial charge in [0.1, 0.15) is 0 Å². The van der Waals surface area contributed by atoms with Gasteiger partial charge < -0.3 is 5.32 Å². The van der Waals surface area contributed by atoms with Crippen LogP contribution in [0.3, 0.4) is 0 Å². The average Bonchev–Trinajstić information content (AvgIpc) is 2.39. The van der Waals surface area contributed by atoms with Gasteiger partial charge in [0.05, 0.1) is 5.56 Å². The molecule has 0 aliphatic carbocycles. The fraction of sp³-hybridized carbons (Fsp3) is 0.500. The molecule has 0 radical (unpaired) electrons. The SMILES string of the molecule is CCC(CC)CNC(=O)c1ccccc1SC(F)F. The molecule has 0 fully saturated rings. The Labute approximate surface area is 117 Å². The van der Waals surface area contributed by atoms with Crippen LogP contribution in [0.4, 0.5) is 8.78 Å². The second-order valence-corrected chi connectivity index (χ2v) is 5.30. The average molecular weight is 287 g/mol. The maximum atomic E-state index is 12.4. The summed E-state index contributed by atoms with van der Waals surface area (Å²) < 4.78 is 24.8. The van der Waals surface area contributed by atoms with E-state index in [4.69, 9.17) is 0 Å². The van der Waals surface area contributed by atoms with Crippen molar-refractivity contribution in [1.82, 2.24) is 5.32 Å².